The number of H-pyrrole nitrogens is 1. The summed E-state index contributed by atoms with van der Waals surface area (Å²) in [7, 11) is 1.60. The van der Waals surface area contributed by atoms with E-state index in [9.17, 15) is 9.59 Å². The number of piperidine rings is 1. The molecule has 152 valence electrons. The second-order valence-corrected chi connectivity index (χ2v) is 7.68. The smallest absolute Gasteiger partial charge is 0.350 e. The Hall–Kier alpha value is -2.17. The monoisotopic (exact) mass is 427 g/mol. The number of nitrogens with one attached hydrogen (secondary N) is 2. The average molecular weight is 428 g/mol. The summed E-state index contributed by atoms with van der Waals surface area (Å²) in [5.74, 6) is -0.516. The van der Waals surface area contributed by atoms with Crippen LogP contribution in [0, 0.1) is 6.92 Å². The van der Waals surface area contributed by atoms with Gasteiger partial charge in [0.05, 0.1) is 30.6 Å². The number of aryl methyl sites for hydroxylation is 1. The lowest BCUT2D eigenvalue weighted by molar-refractivity contribution is 0.0530. The molecule has 0 bridgehead atoms. The van der Waals surface area contributed by atoms with Crippen molar-refractivity contribution >= 4 is 39.9 Å². The molecule has 1 aliphatic heterocycles. The van der Waals surface area contributed by atoms with Crippen LogP contribution in [-0.4, -0.2) is 65.8 Å². The number of halogens is 1. The van der Waals surface area contributed by atoms with Gasteiger partial charge in [0.1, 0.15) is 4.88 Å². The van der Waals surface area contributed by atoms with Gasteiger partial charge in [-0.1, -0.05) is 22.9 Å². The van der Waals surface area contributed by atoms with Crippen molar-refractivity contribution in [2.24, 2.45) is 0 Å². The van der Waals surface area contributed by atoms with E-state index < -0.39 is 0 Å². The van der Waals surface area contributed by atoms with Gasteiger partial charge in [-0.2, -0.15) is 0 Å². The first-order valence-electron chi connectivity index (χ1n) is 8.86. The van der Waals surface area contributed by atoms with E-state index in [2.05, 4.69) is 20.3 Å². The van der Waals surface area contributed by atoms with Gasteiger partial charge in [0.2, 0.25) is 0 Å². The summed E-state index contributed by atoms with van der Waals surface area (Å²) in [5, 5.41) is 3.96. The van der Waals surface area contributed by atoms with Crippen LogP contribution in [0.2, 0.25) is 5.15 Å². The van der Waals surface area contributed by atoms with E-state index in [1.165, 1.54) is 17.5 Å². The molecule has 28 heavy (non-hydrogen) atoms. The van der Waals surface area contributed by atoms with Crippen molar-refractivity contribution in [3.8, 4) is 0 Å². The molecule has 0 spiro atoms. The SMILES string of the molecule is CCOC(=O)c1cnc(N2CC[C@@H](NC(=O)c3nc(Cl)c(C)[nH]3)[C@@H](OC)C2)s1. The Morgan fingerprint density at radius 1 is 1.50 bits per heavy atom. The summed E-state index contributed by atoms with van der Waals surface area (Å²) in [6.45, 7) is 5.04. The molecule has 2 aromatic heterocycles. The quantitative estimate of drug-likeness (QED) is 0.678. The van der Waals surface area contributed by atoms with E-state index in [0.29, 0.717) is 36.7 Å². The maximum atomic E-state index is 12.4. The average Bonchev–Trinajstić information content (AvgIpc) is 3.30. The Bertz CT molecular complexity index is 835. The molecule has 3 rings (SSSR count). The summed E-state index contributed by atoms with van der Waals surface area (Å²) >= 11 is 7.19. The number of aromatic nitrogens is 3. The number of carbonyl (C=O) groups is 2. The third-order valence-corrected chi connectivity index (χ3v) is 5.87. The molecule has 3 heterocycles. The highest BCUT2D eigenvalue weighted by Crippen LogP contribution is 2.27. The molecule has 2 atom stereocenters. The van der Waals surface area contributed by atoms with Crippen LogP contribution in [0.1, 0.15) is 39.3 Å². The van der Waals surface area contributed by atoms with Crippen molar-refractivity contribution < 1.29 is 19.1 Å². The molecule has 1 fully saturated rings. The zero-order chi connectivity index (χ0) is 20.3. The standard InChI is InChI=1S/C17H22ClN5O4S/c1-4-27-16(25)12-7-19-17(28-12)23-6-5-10(11(8-23)26-3)21-15(24)14-20-9(2)13(18)22-14/h7,10-11H,4-6,8H2,1-3H3,(H,20,22)(H,21,24)/t10-,11+/m1/s1. The number of imidazole rings is 1. The summed E-state index contributed by atoms with van der Waals surface area (Å²) in [6, 6.07) is -0.178. The molecule has 2 aromatic rings. The molecule has 1 saturated heterocycles. The summed E-state index contributed by atoms with van der Waals surface area (Å²) in [6.07, 6.45) is 1.95. The minimum Gasteiger partial charge on any atom is -0.462 e. The van der Waals surface area contributed by atoms with E-state index in [-0.39, 0.29) is 35.0 Å². The van der Waals surface area contributed by atoms with Crippen LogP contribution in [0.3, 0.4) is 0 Å². The summed E-state index contributed by atoms with van der Waals surface area (Å²) in [4.78, 5) is 38.0. The number of nitrogens with zero attached hydrogens (tertiary/aromatic N) is 3. The van der Waals surface area contributed by atoms with Crippen molar-refractivity contribution in [1.29, 1.82) is 0 Å². The molecule has 0 aromatic carbocycles. The van der Waals surface area contributed by atoms with Gasteiger partial charge in [0.25, 0.3) is 5.91 Å². The van der Waals surface area contributed by atoms with Crippen molar-refractivity contribution in [3.05, 3.63) is 27.7 Å². The number of thiazole rings is 1. The highest BCUT2D eigenvalue weighted by atomic mass is 35.5. The number of aromatic amines is 1. The molecule has 1 aliphatic rings. The van der Waals surface area contributed by atoms with Gasteiger partial charge in [-0.25, -0.2) is 14.8 Å². The molecule has 11 heteroatoms. The molecule has 2 N–H and O–H groups in total. The predicted octanol–water partition coefficient (Wildman–Crippen LogP) is 2.03. The van der Waals surface area contributed by atoms with Crippen LogP contribution in [0.15, 0.2) is 6.20 Å². The minimum atomic E-state index is -0.371. The summed E-state index contributed by atoms with van der Waals surface area (Å²) < 4.78 is 10.6. The zero-order valence-corrected chi connectivity index (χ0v) is 17.4. The lowest BCUT2D eigenvalue weighted by atomic mass is 10.0. The Balaban J connectivity index is 1.63. The number of methoxy groups -OCH3 is 1. The third-order valence-electron chi connectivity index (χ3n) is 4.46. The Morgan fingerprint density at radius 2 is 2.29 bits per heavy atom. The fourth-order valence-electron chi connectivity index (χ4n) is 2.99. The van der Waals surface area contributed by atoms with Crippen LogP contribution in [0.4, 0.5) is 5.13 Å². The first-order valence-corrected chi connectivity index (χ1v) is 10.1. The number of rotatable bonds is 6. The van der Waals surface area contributed by atoms with E-state index in [4.69, 9.17) is 21.1 Å². The maximum Gasteiger partial charge on any atom is 0.350 e. The summed E-state index contributed by atoms with van der Waals surface area (Å²) in [5.41, 5.74) is 0.645. The molecule has 0 aliphatic carbocycles. The Labute approximate surface area is 171 Å². The second kappa shape index (κ2) is 8.89. The first kappa shape index (κ1) is 20.6. The molecule has 0 saturated carbocycles. The van der Waals surface area contributed by atoms with E-state index >= 15 is 0 Å². The number of hydrogen-bond donors (Lipinski definition) is 2. The maximum absolute atomic E-state index is 12.4. The highest BCUT2D eigenvalue weighted by Gasteiger charge is 2.32. The third kappa shape index (κ3) is 4.45. The first-order chi connectivity index (χ1) is 13.4. The van der Waals surface area contributed by atoms with Crippen LogP contribution in [-0.2, 0) is 9.47 Å². The van der Waals surface area contributed by atoms with E-state index in [1.54, 1.807) is 21.0 Å². The number of carbonyl (C=O) groups excluding carboxylic acids is 2. The normalized spacial score (nSPS) is 19.5. The number of anilines is 1. The molecule has 0 radical (unpaired) electrons. The van der Waals surface area contributed by atoms with Gasteiger partial charge in [0.15, 0.2) is 16.1 Å². The van der Waals surface area contributed by atoms with Gasteiger partial charge in [-0.15, -0.1) is 0 Å². The van der Waals surface area contributed by atoms with Gasteiger partial charge >= 0.3 is 5.97 Å². The Kier molecular flexibility index (Phi) is 6.53. The van der Waals surface area contributed by atoms with Crippen LogP contribution < -0.4 is 10.2 Å². The molecular formula is C17H22ClN5O4S. The van der Waals surface area contributed by atoms with Crippen molar-refractivity contribution in [2.75, 3.05) is 31.7 Å². The van der Waals surface area contributed by atoms with Gasteiger partial charge < -0.3 is 24.7 Å². The number of esters is 1. The van der Waals surface area contributed by atoms with Crippen LogP contribution in [0.25, 0.3) is 0 Å². The number of hydrogen-bond acceptors (Lipinski definition) is 8. The van der Waals surface area contributed by atoms with Crippen LogP contribution in [0.5, 0.6) is 0 Å². The molecule has 1 amide bonds. The highest BCUT2D eigenvalue weighted by molar-refractivity contribution is 7.17. The number of ether oxygens (including phenoxy) is 2. The predicted molar refractivity (Wildman–Crippen MR) is 105 cm³/mol. The molecule has 0 unspecified atom stereocenters. The fourth-order valence-corrected chi connectivity index (χ4v) is 3.96. The van der Waals surface area contributed by atoms with Gasteiger partial charge in [-0.05, 0) is 20.3 Å². The van der Waals surface area contributed by atoms with Crippen LogP contribution >= 0.6 is 22.9 Å². The van der Waals surface area contributed by atoms with Gasteiger partial charge in [0, 0.05) is 20.2 Å². The van der Waals surface area contributed by atoms with E-state index in [1.807, 2.05) is 4.90 Å². The fraction of sp³-hybridized carbons (Fsp3) is 0.529. The van der Waals surface area contributed by atoms with Crippen molar-refractivity contribution in [2.45, 2.75) is 32.4 Å². The zero-order valence-electron chi connectivity index (χ0n) is 15.8. The van der Waals surface area contributed by atoms with Gasteiger partial charge in [-0.3, -0.25) is 4.79 Å². The lowest BCUT2D eigenvalue weighted by Gasteiger charge is -2.37. The lowest BCUT2D eigenvalue weighted by Crippen LogP contribution is -2.55. The second-order valence-electron chi connectivity index (χ2n) is 6.32. The Morgan fingerprint density at radius 3 is 2.93 bits per heavy atom. The number of amides is 1. The molecule has 9 nitrogen and oxygen atoms in total. The van der Waals surface area contributed by atoms with Crippen molar-refractivity contribution in [3.63, 3.8) is 0 Å². The van der Waals surface area contributed by atoms with E-state index in [0.717, 1.165) is 5.13 Å². The largest absolute Gasteiger partial charge is 0.462 e. The van der Waals surface area contributed by atoms with Crippen molar-refractivity contribution in [1.82, 2.24) is 20.3 Å². The molecular weight excluding hydrogens is 406 g/mol. The minimum absolute atomic E-state index is 0.178. The topological polar surface area (TPSA) is 109 Å².